The van der Waals surface area contributed by atoms with E-state index in [0.717, 1.165) is 0 Å². The fraction of sp³-hybridized carbons (Fsp3) is 0.0833. The van der Waals surface area contributed by atoms with Crippen molar-refractivity contribution in [1.29, 1.82) is 0 Å². The molecule has 0 aliphatic heterocycles. The van der Waals surface area contributed by atoms with Gasteiger partial charge in [-0.1, -0.05) is 357 Å². The molecular formula is C108H96N3Si3+3. The summed E-state index contributed by atoms with van der Waals surface area (Å²) < 4.78 is 6.79. The molecule has 6 heteroatoms. The van der Waals surface area contributed by atoms with E-state index in [-0.39, 0.29) is 0 Å². The van der Waals surface area contributed by atoms with Crippen molar-refractivity contribution in [2.75, 3.05) is 0 Å². The van der Waals surface area contributed by atoms with Crippen LogP contribution in [0.4, 0.5) is 0 Å². The molecular weight excluding hydrogens is 1420 g/mol. The maximum Gasteiger partial charge on any atom is 0.220 e. The largest absolute Gasteiger partial charge is 0.220 e. The number of benzene rings is 15. The second-order valence-electron chi connectivity index (χ2n) is 30.7. The van der Waals surface area contributed by atoms with E-state index in [0.29, 0.717) is 0 Å². The number of rotatable bonds is 15. The van der Waals surface area contributed by atoms with Gasteiger partial charge in [0.05, 0.1) is 21.7 Å². The highest BCUT2D eigenvalue weighted by Gasteiger charge is 2.45. The van der Waals surface area contributed by atoms with Crippen molar-refractivity contribution in [3.05, 3.63) is 452 Å². The Morgan fingerprint density at radius 1 is 0.184 bits per heavy atom. The average molecular weight is 1520 g/mol. The molecule has 0 saturated heterocycles. The summed E-state index contributed by atoms with van der Waals surface area (Å²) in [6.45, 7) is 13.2. The summed E-state index contributed by atoms with van der Waals surface area (Å²) in [5, 5.41) is 24.4. The molecule has 552 valence electrons. The Morgan fingerprint density at radius 2 is 0.439 bits per heavy atom. The molecule has 0 saturated carbocycles. The fourth-order valence-electron chi connectivity index (χ4n) is 18.1. The Bertz CT molecular complexity index is 6140. The van der Waals surface area contributed by atoms with Crippen LogP contribution >= 0.6 is 0 Å². The maximum absolute atomic E-state index is 2.56. The van der Waals surface area contributed by atoms with E-state index in [4.69, 9.17) is 0 Å². The highest BCUT2D eigenvalue weighted by atomic mass is 28.3. The molecule has 0 aliphatic carbocycles. The van der Waals surface area contributed by atoms with E-state index in [1.807, 2.05) is 0 Å². The molecule has 18 rings (SSSR count). The highest BCUT2D eigenvalue weighted by Crippen LogP contribution is 2.33. The van der Waals surface area contributed by atoms with Gasteiger partial charge in [0.2, 0.25) is 17.1 Å². The Balaban J connectivity index is 0.000000129. The number of hydrogen-bond acceptors (Lipinski definition) is 0. The molecule has 0 N–H and O–H groups in total. The SMILES string of the molecule is Cc1cc(C)c(C)c(-c2c3ccc([Si](c4ccccc4)(c4ccccc4)c4ccccc4)cc3cc[n+]2C)c1.Cc1ccc(C)c(-c2c3ccc([Si](c4ccccc4)(c4ccccc4)c4ccccc4)cc3cc[n+]2C)c1.Cc1ccccc1-c1c2ccc([Si](c3ccccc3)(c3ccccc3)c3ccccc3)cc2cc[n+]1C. The molecule has 0 unspecified atom stereocenters. The molecule has 114 heavy (non-hydrogen) atoms. The van der Waals surface area contributed by atoms with E-state index in [1.165, 1.54) is 162 Å². The number of pyridine rings is 3. The van der Waals surface area contributed by atoms with Crippen LogP contribution in [-0.4, -0.2) is 24.2 Å². The standard InChI is InChI=1S/C37H34NSi.C36H32NSi.C35H30NSi/c1-27-24-28(2)29(3)36(25-27)37-35-21-20-34(26-30(35)22-23-38(37)4)39(31-14-8-5-9-15-31,32-16-10-6-11-17-32)33-18-12-7-13-19-33;1-27-19-20-28(2)35(25-27)36-34-22-21-33(26-29(34)23-24-37(36)3)38(30-13-7-4-8-14-30,31-15-9-5-10-16-31)32-17-11-6-12-18-32;1-27-14-12-13-21-33(27)35-34-23-22-32(26-28(34)24-25-36(35)2)37(29-15-6-3-7-16-29,30-17-8-4-9-18-30)31-19-10-5-11-20-31/h5-26H,1-4H3;4-26H,1-3H3;3-26H,1-2H3/q3*+1. The zero-order valence-electron chi connectivity index (χ0n) is 66.7. The van der Waals surface area contributed by atoms with Crippen LogP contribution in [0.5, 0.6) is 0 Å². The minimum Gasteiger partial charge on any atom is -0.200 e. The van der Waals surface area contributed by atoms with E-state index in [2.05, 4.69) is 495 Å². The van der Waals surface area contributed by atoms with Gasteiger partial charge in [0.1, 0.15) is 21.1 Å². The van der Waals surface area contributed by atoms with Crippen LogP contribution in [0.2, 0.25) is 0 Å². The van der Waals surface area contributed by atoms with Crippen LogP contribution < -0.4 is 75.9 Å². The van der Waals surface area contributed by atoms with Crippen molar-refractivity contribution in [2.24, 2.45) is 21.1 Å². The quantitative estimate of drug-likeness (QED) is 0.0551. The Hall–Kier alpha value is -12.8. The van der Waals surface area contributed by atoms with Crippen molar-refractivity contribution in [2.45, 2.75) is 41.5 Å². The number of aryl methyl sites for hydroxylation is 8. The van der Waals surface area contributed by atoms with Crippen molar-refractivity contribution in [1.82, 2.24) is 0 Å². The highest BCUT2D eigenvalue weighted by molar-refractivity contribution is 7.21. The van der Waals surface area contributed by atoms with Gasteiger partial charge in [-0.15, -0.1) is 0 Å². The zero-order chi connectivity index (χ0) is 78.3. The predicted octanol–water partition coefficient (Wildman–Crippen LogP) is 16.0. The van der Waals surface area contributed by atoms with Gasteiger partial charge in [-0.05, 0) is 179 Å². The lowest BCUT2D eigenvalue weighted by Gasteiger charge is -2.34. The second-order valence-corrected chi connectivity index (χ2v) is 42.1. The van der Waals surface area contributed by atoms with E-state index >= 15 is 0 Å². The number of hydrogen-bond donors (Lipinski definition) is 0. The summed E-state index contributed by atoms with van der Waals surface area (Å²) >= 11 is 0. The van der Waals surface area contributed by atoms with Crippen LogP contribution in [0, 0.1) is 41.5 Å². The van der Waals surface area contributed by atoms with Gasteiger partial charge in [-0.3, -0.25) is 0 Å². The first-order valence-electron chi connectivity index (χ1n) is 39.8. The molecule has 3 aromatic heterocycles. The first-order chi connectivity index (χ1) is 55.8. The minimum atomic E-state index is -2.56. The molecule has 0 amide bonds. The molecule has 3 heterocycles. The first kappa shape index (κ1) is 75.2. The molecule has 0 aliphatic rings. The zero-order valence-corrected chi connectivity index (χ0v) is 69.7. The van der Waals surface area contributed by atoms with Crippen molar-refractivity contribution in [3.8, 4) is 33.8 Å². The van der Waals surface area contributed by atoms with Crippen LogP contribution in [0.3, 0.4) is 0 Å². The first-order valence-corrected chi connectivity index (χ1v) is 45.8. The van der Waals surface area contributed by atoms with Crippen LogP contribution in [-0.2, 0) is 21.1 Å². The lowest BCUT2D eigenvalue weighted by molar-refractivity contribution is -0.659. The van der Waals surface area contributed by atoms with Crippen molar-refractivity contribution < 1.29 is 13.7 Å². The lowest BCUT2D eigenvalue weighted by atomic mass is 9.94. The second kappa shape index (κ2) is 32.9. The van der Waals surface area contributed by atoms with Crippen molar-refractivity contribution >= 4 is 119 Å². The summed E-state index contributed by atoms with van der Waals surface area (Å²) in [5.41, 5.74) is 15.5. The van der Waals surface area contributed by atoms with Crippen LogP contribution in [0.25, 0.3) is 66.1 Å². The molecule has 0 atom stereocenters. The summed E-state index contributed by atoms with van der Waals surface area (Å²) in [5.74, 6) is 0. The number of fused-ring (bicyclic) bond motifs is 3. The van der Waals surface area contributed by atoms with E-state index in [1.54, 1.807) is 0 Å². The monoisotopic (exact) mass is 1520 g/mol. The average Bonchev–Trinajstić information content (AvgIpc) is 0.735. The van der Waals surface area contributed by atoms with Crippen LogP contribution in [0.1, 0.15) is 33.4 Å². The Kier molecular flexibility index (Phi) is 21.7. The smallest absolute Gasteiger partial charge is 0.200 e. The maximum atomic E-state index is 2.47. The van der Waals surface area contributed by atoms with Crippen LogP contribution in [0.15, 0.2) is 419 Å². The van der Waals surface area contributed by atoms with Gasteiger partial charge in [-0.25, -0.2) is 13.7 Å². The number of aromatic nitrogens is 3. The third-order valence-electron chi connectivity index (χ3n) is 23.7. The van der Waals surface area contributed by atoms with Gasteiger partial charge < -0.3 is 0 Å². The van der Waals surface area contributed by atoms with E-state index in [9.17, 15) is 0 Å². The third kappa shape index (κ3) is 14.0. The topological polar surface area (TPSA) is 11.6 Å². The predicted molar refractivity (Wildman–Crippen MR) is 491 cm³/mol. The molecule has 0 radical (unpaired) electrons. The fourth-order valence-corrected chi connectivity index (χ4v) is 32.5. The summed E-state index contributed by atoms with van der Waals surface area (Å²) in [4.78, 5) is 0. The normalized spacial score (nSPS) is 11.6. The summed E-state index contributed by atoms with van der Waals surface area (Å²) in [6, 6.07) is 149. The Labute approximate surface area is 676 Å². The van der Waals surface area contributed by atoms with Gasteiger partial charge in [-0.2, -0.15) is 0 Å². The minimum absolute atomic E-state index is 1.26. The van der Waals surface area contributed by atoms with Gasteiger partial charge in [0.15, 0.2) is 42.8 Å². The van der Waals surface area contributed by atoms with Crippen molar-refractivity contribution in [3.63, 3.8) is 0 Å². The van der Waals surface area contributed by atoms with Gasteiger partial charge >= 0.3 is 0 Å². The molecule has 18 aromatic rings. The lowest BCUT2D eigenvalue weighted by Crippen LogP contribution is -2.74. The molecule has 0 fully saturated rings. The third-order valence-corrected chi connectivity index (χ3v) is 38.0. The van der Waals surface area contributed by atoms with Gasteiger partial charge in [0, 0.05) is 29.3 Å². The molecule has 3 nitrogen and oxygen atoms in total. The molecule has 15 aromatic carbocycles. The molecule has 0 bridgehead atoms. The summed E-state index contributed by atoms with van der Waals surface area (Å²) in [7, 11) is -1.20. The van der Waals surface area contributed by atoms with E-state index < -0.39 is 24.2 Å². The summed E-state index contributed by atoms with van der Waals surface area (Å²) in [6.07, 6.45) is 6.63. The molecule has 0 spiro atoms. The Morgan fingerprint density at radius 3 is 0.737 bits per heavy atom. The van der Waals surface area contributed by atoms with Gasteiger partial charge in [0.25, 0.3) is 0 Å². The number of nitrogens with zero attached hydrogens (tertiary/aromatic N) is 3.